The summed E-state index contributed by atoms with van der Waals surface area (Å²) in [6, 6.07) is 11.8. The van der Waals surface area contributed by atoms with Crippen molar-refractivity contribution in [2.75, 3.05) is 6.61 Å². The molecule has 0 N–H and O–H groups in total. The van der Waals surface area contributed by atoms with Crippen molar-refractivity contribution in [2.24, 2.45) is 5.41 Å². The van der Waals surface area contributed by atoms with E-state index in [2.05, 4.69) is 12.6 Å². The molecule has 2 unspecified atom stereocenters. The lowest BCUT2D eigenvalue weighted by atomic mass is 9.69. The Morgan fingerprint density at radius 1 is 1.45 bits per heavy atom. The van der Waals surface area contributed by atoms with E-state index in [0.717, 1.165) is 5.56 Å². The van der Waals surface area contributed by atoms with E-state index in [1.807, 2.05) is 37.3 Å². The van der Waals surface area contributed by atoms with Crippen molar-refractivity contribution < 1.29 is 9.53 Å². The average molecular weight is 271 g/mol. The molecule has 0 heterocycles. The van der Waals surface area contributed by atoms with E-state index < -0.39 is 11.4 Å². The van der Waals surface area contributed by atoms with Gasteiger partial charge in [-0.15, -0.1) is 6.58 Å². The number of benzene rings is 1. The summed E-state index contributed by atoms with van der Waals surface area (Å²) in [5.74, 6) is -0.663. The molecule has 0 aromatic heterocycles. The number of carbonyl (C=O) groups excluding carboxylic acids is 1. The SMILES string of the molecule is C=CCC(C#N)(C(=O)OCC)C(CC)c1ccccc1. The van der Waals surface area contributed by atoms with Crippen molar-refractivity contribution in [1.82, 2.24) is 0 Å². The normalized spacial score (nSPS) is 14.7. The van der Waals surface area contributed by atoms with Crippen molar-refractivity contribution in [3.8, 4) is 6.07 Å². The second-order valence-electron chi connectivity index (χ2n) is 4.67. The Hall–Kier alpha value is -2.08. The molecule has 1 aromatic carbocycles. The van der Waals surface area contributed by atoms with Crippen molar-refractivity contribution in [3.63, 3.8) is 0 Å². The average Bonchev–Trinajstić information content (AvgIpc) is 2.48. The van der Waals surface area contributed by atoms with Crippen LogP contribution in [0.2, 0.25) is 0 Å². The maximum Gasteiger partial charge on any atom is 0.327 e. The molecular formula is C17H21NO2. The largest absolute Gasteiger partial charge is 0.465 e. The van der Waals surface area contributed by atoms with Gasteiger partial charge in [-0.1, -0.05) is 43.3 Å². The van der Waals surface area contributed by atoms with Crippen LogP contribution in [0.15, 0.2) is 43.0 Å². The summed E-state index contributed by atoms with van der Waals surface area (Å²) in [5, 5.41) is 9.67. The minimum Gasteiger partial charge on any atom is -0.465 e. The van der Waals surface area contributed by atoms with Crippen LogP contribution in [0.1, 0.15) is 38.2 Å². The van der Waals surface area contributed by atoms with Gasteiger partial charge in [0, 0.05) is 5.92 Å². The highest BCUT2D eigenvalue weighted by atomic mass is 16.5. The fraction of sp³-hybridized carbons (Fsp3) is 0.412. The standard InChI is InChI=1S/C17H21NO2/c1-4-12-17(13-18,16(19)20-6-3)15(5-2)14-10-8-7-9-11-14/h4,7-11,15H,1,5-6,12H2,2-3H3. The van der Waals surface area contributed by atoms with Gasteiger partial charge in [-0.3, -0.25) is 4.79 Å². The zero-order valence-corrected chi connectivity index (χ0v) is 12.1. The molecule has 20 heavy (non-hydrogen) atoms. The van der Waals surface area contributed by atoms with E-state index >= 15 is 0 Å². The molecule has 0 radical (unpaired) electrons. The molecule has 0 fully saturated rings. The molecule has 3 heteroatoms. The predicted molar refractivity (Wildman–Crippen MR) is 79.0 cm³/mol. The molecule has 0 bridgehead atoms. The highest BCUT2D eigenvalue weighted by Gasteiger charge is 2.46. The second-order valence-corrected chi connectivity index (χ2v) is 4.67. The van der Waals surface area contributed by atoms with Crippen LogP contribution < -0.4 is 0 Å². The molecule has 0 aliphatic heterocycles. The number of hydrogen-bond donors (Lipinski definition) is 0. The maximum atomic E-state index is 12.4. The molecule has 0 aliphatic carbocycles. The first-order valence-corrected chi connectivity index (χ1v) is 6.90. The van der Waals surface area contributed by atoms with Crippen LogP contribution in [-0.4, -0.2) is 12.6 Å². The third-order valence-corrected chi connectivity index (χ3v) is 3.51. The topological polar surface area (TPSA) is 50.1 Å². The van der Waals surface area contributed by atoms with Gasteiger partial charge in [-0.2, -0.15) is 5.26 Å². The lowest BCUT2D eigenvalue weighted by Crippen LogP contribution is -2.37. The third kappa shape index (κ3) is 3.08. The second kappa shape index (κ2) is 7.49. The number of rotatable bonds is 7. The summed E-state index contributed by atoms with van der Waals surface area (Å²) in [5.41, 5.74) is -0.222. The van der Waals surface area contributed by atoms with Gasteiger partial charge < -0.3 is 4.74 Å². The third-order valence-electron chi connectivity index (χ3n) is 3.51. The van der Waals surface area contributed by atoms with Crippen LogP contribution in [0.25, 0.3) is 0 Å². The zero-order chi connectivity index (χ0) is 15.0. The quantitative estimate of drug-likeness (QED) is 0.559. The van der Waals surface area contributed by atoms with Gasteiger partial charge in [0.1, 0.15) is 0 Å². The van der Waals surface area contributed by atoms with Gasteiger partial charge >= 0.3 is 5.97 Å². The summed E-state index contributed by atoms with van der Waals surface area (Å²) in [6.45, 7) is 7.68. The van der Waals surface area contributed by atoms with Crippen molar-refractivity contribution in [1.29, 1.82) is 5.26 Å². The van der Waals surface area contributed by atoms with E-state index in [1.165, 1.54) is 0 Å². The van der Waals surface area contributed by atoms with E-state index in [9.17, 15) is 10.1 Å². The predicted octanol–water partition coefficient (Wildman–Crippen LogP) is 3.83. The van der Waals surface area contributed by atoms with Crippen LogP contribution in [0, 0.1) is 16.7 Å². The molecule has 0 aliphatic rings. The van der Waals surface area contributed by atoms with Gasteiger partial charge in [-0.25, -0.2) is 0 Å². The van der Waals surface area contributed by atoms with Crippen LogP contribution in [0.5, 0.6) is 0 Å². The van der Waals surface area contributed by atoms with Gasteiger partial charge in [0.15, 0.2) is 5.41 Å². The minimum atomic E-state index is -1.20. The van der Waals surface area contributed by atoms with Crippen molar-refractivity contribution in [3.05, 3.63) is 48.6 Å². The van der Waals surface area contributed by atoms with Gasteiger partial charge in [-0.05, 0) is 25.3 Å². The summed E-state index contributed by atoms with van der Waals surface area (Å²) < 4.78 is 5.15. The summed E-state index contributed by atoms with van der Waals surface area (Å²) in [7, 11) is 0. The fourth-order valence-electron chi connectivity index (χ4n) is 2.58. The molecule has 0 saturated carbocycles. The Balaban J connectivity index is 3.30. The summed E-state index contributed by atoms with van der Waals surface area (Å²) in [6.07, 6.45) is 2.59. The number of esters is 1. The lowest BCUT2D eigenvalue weighted by molar-refractivity contribution is -0.153. The molecule has 2 atom stereocenters. The molecule has 3 nitrogen and oxygen atoms in total. The minimum absolute atomic E-state index is 0.203. The summed E-state index contributed by atoms with van der Waals surface area (Å²) in [4.78, 5) is 12.4. The molecule has 0 spiro atoms. The molecule has 0 saturated heterocycles. The van der Waals surface area contributed by atoms with E-state index in [0.29, 0.717) is 6.42 Å². The lowest BCUT2D eigenvalue weighted by Gasteiger charge is -2.31. The Bertz CT molecular complexity index is 489. The number of nitriles is 1. The van der Waals surface area contributed by atoms with Crippen LogP contribution in [-0.2, 0) is 9.53 Å². The Morgan fingerprint density at radius 3 is 2.55 bits per heavy atom. The summed E-state index contributed by atoms with van der Waals surface area (Å²) >= 11 is 0. The van der Waals surface area contributed by atoms with Gasteiger partial charge in [0.25, 0.3) is 0 Å². The molecular weight excluding hydrogens is 250 g/mol. The maximum absolute atomic E-state index is 12.4. The number of allylic oxidation sites excluding steroid dienone is 1. The Labute approximate surface area is 120 Å². The van der Waals surface area contributed by atoms with Gasteiger partial charge in [0.05, 0.1) is 12.7 Å². The molecule has 0 amide bonds. The smallest absolute Gasteiger partial charge is 0.327 e. The zero-order valence-electron chi connectivity index (χ0n) is 12.1. The van der Waals surface area contributed by atoms with Crippen LogP contribution >= 0.6 is 0 Å². The number of ether oxygens (including phenoxy) is 1. The van der Waals surface area contributed by atoms with Crippen molar-refractivity contribution in [2.45, 2.75) is 32.6 Å². The van der Waals surface area contributed by atoms with Crippen molar-refractivity contribution >= 4 is 5.97 Å². The molecule has 1 rings (SSSR count). The van der Waals surface area contributed by atoms with Crippen LogP contribution in [0.3, 0.4) is 0 Å². The first-order valence-electron chi connectivity index (χ1n) is 6.90. The fourth-order valence-corrected chi connectivity index (χ4v) is 2.58. The number of carbonyl (C=O) groups is 1. The van der Waals surface area contributed by atoms with E-state index in [4.69, 9.17) is 4.74 Å². The first kappa shape index (κ1) is 16.0. The van der Waals surface area contributed by atoms with E-state index in [-0.39, 0.29) is 18.9 Å². The van der Waals surface area contributed by atoms with Gasteiger partial charge in [0.2, 0.25) is 0 Å². The number of nitrogens with zero attached hydrogens (tertiary/aromatic N) is 1. The van der Waals surface area contributed by atoms with Crippen LogP contribution in [0.4, 0.5) is 0 Å². The highest BCUT2D eigenvalue weighted by Crippen LogP contribution is 2.42. The Kier molecular flexibility index (Phi) is 5.99. The Morgan fingerprint density at radius 2 is 2.10 bits per heavy atom. The molecule has 106 valence electrons. The molecule has 1 aromatic rings. The monoisotopic (exact) mass is 271 g/mol. The highest BCUT2D eigenvalue weighted by molar-refractivity contribution is 5.81. The first-order chi connectivity index (χ1) is 9.66. The number of hydrogen-bond acceptors (Lipinski definition) is 3. The van der Waals surface area contributed by atoms with E-state index in [1.54, 1.807) is 13.0 Å².